The molecule has 0 bridgehead atoms. The van der Waals surface area contributed by atoms with Crippen LogP contribution < -0.4 is 15.1 Å². The molecule has 11 heteroatoms. The summed E-state index contributed by atoms with van der Waals surface area (Å²) in [5.41, 5.74) is 5.82. The van der Waals surface area contributed by atoms with Gasteiger partial charge in [0.25, 0.3) is 0 Å². The van der Waals surface area contributed by atoms with Gasteiger partial charge in [-0.1, -0.05) is 12.1 Å². The zero-order valence-electron chi connectivity index (χ0n) is 23.0. The van der Waals surface area contributed by atoms with Crippen LogP contribution in [0.3, 0.4) is 0 Å². The number of hydrogen-bond acceptors (Lipinski definition) is 9. The third-order valence-corrected chi connectivity index (χ3v) is 7.96. The van der Waals surface area contributed by atoms with Gasteiger partial charge in [-0.2, -0.15) is 9.61 Å². The molecule has 1 atom stereocenters. The number of nitrogens with zero attached hydrogens (tertiary/aromatic N) is 7. The molecule has 3 fully saturated rings. The summed E-state index contributed by atoms with van der Waals surface area (Å²) in [6.45, 7) is 8.93. The topological polar surface area (TPSA) is 94.2 Å². The Morgan fingerprint density at radius 1 is 0.900 bits per heavy atom. The molecule has 4 aromatic rings. The molecular formula is C29H36N8O3. The van der Waals surface area contributed by atoms with E-state index in [0.29, 0.717) is 13.2 Å². The van der Waals surface area contributed by atoms with Crippen LogP contribution >= 0.6 is 0 Å². The van der Waals surface area contributed by atoms with Crippen molar-refractivity contribution in [2.24, 2.45) is 0 Å². The van der Waals surface area contributed by atoms with Crippen LogP contribution in [-0.2, 0) is 14.2 Å². The van der Waals surface area contributed by atoms with Crippen molar-refractivity contribution in [3.05, 3.63) is 48.3 Å². The lowest BCUT2D eigenvalue weighted by atomic mass is 10.1. The summed E-state index contributed by atoms with van der Waals surface area (Å²) in [6.07, 6.45) is 4.95. The summed E-state index contributed by atoms with van der Waals surface area (Å²) >= 11 is 0. The van der Waals surface area contributed by atoms with Crippen molar-refractivity contribution in [1.29, 1.82) is 0 Å². The van der Waals surface area contributed by atoms with E-state index in [9.17, 15) is 0 Å². The Kier molecular flexibility index (Phi) is 7.00. The molecule has 11 nitrogen and oxygen atoms in total. The highest BCUT2D eigenvalue weighted by Crippen LogP contribution is 2.36. The normalized spacial score (nSPS) is 20.3. The molecule has 0 amide bonds. The fourth-order valence-corrected chi connectivity index (χ4v) is 5.85. The van der Waals surface area contributed by atoms with Crippen molar-refractivity contribution >= 4 is 28.7 Å². The van der Waals surface area contributed by atoms with E-state index in [1.165, 1.54) is 0 Å². The molecule has 1 unspecified atom stereocenters. The van der Waals surface area contributed by atoms with E-state index < -0.39 is 0 Å². The zero-order valence-corrected chi connectivity index (χ0v) is 23.0. The maximum atomic E-state index is 6.13. The van der Waals surface area contributed by atoms with Gasteiger partial charge in [-0.25, -0.2) is 9.67 Å². The number of aromatic nitrogens is 5. The van der Waals surface area contributed by atoms with E-state index >= 15 is 0 Å². The Bertz CT molecular complexity index is 1470. The molecule has 7 rings (SSSR count). The van der Waals surface area contributed by atoms with Crippen molar-refractivity contribution < 1.29 is 14.2 Å². The lowest BCUT2D eigenvalue weighted by Crippen LogP contribution is -2.37. The number of imidazole rings is 1. The van der Waals surface area contributed by atoms with Gasteiger partial charge in [0, 0.05) is 44.5 Å². The van der Waals surface area contributed by atoms with Crippen LogP contribution in [0.4, 0.5) is 23.0 Å². The Morgan fingerprint density at radius 3 is 2.45 bits per heavy atom. The van der Waals surface area contributed by atoms with Crippen LogP contribution in [0.25, 0.3) is 16.9 Å². The second-order valence-electron chi connectivity index (χ2n) is 10.5. The van der Waals surface area contributed by atoms with Crippen LogP contribution in [-0.4, -0.2) is 83.6 Å². The lowest BCUT2D eigenvalue weighted by molar-refractivity contribution is -0.0383. The number of para-hydroxylation sites is 2. The quantitative estimate of drug-likeness (QED) is 0.386. The van der Waals surface area contributed by atoms with Crippen LogP contribution in [0.1, 0.15) is 31.2 Å². The monoisotopic (exact) mass is 544 g/mol. The van der Waals surface area contributed by atoms with Crippen molar-refractivity contribution in [3.8, 4) is 11.3 Å². The predicted molar refractivity (Wildman–Crippen MR) is 154 cm³/mol. The summed E-state index contributed by atoms with van der Waals surface area (Å²) < 4.78 is 21.3. The summed E-state index contributed by atoms with van der Waals surface area (Å²) in [5, 5.41) is 13.5. The second kappa shape index (κ2) is 11.1. The molecule has 40 heavy (non-hydrogen) atoms. The first kappa shape index (κ1) is 25.3. The SMILES string of the molecule is Cc1nc2c(-c3ccnn3C3CCCCO3)cc(N3CCOCC3)nn2c1Nc1ccccc1N1CCOCC1. The van der Waals surface area contributed by atoms with Crippen molar-refractivity contribution in [3.63, 3.8) is 0 Å². The summed E-state index contributed by atoms with van der Waals surface area (Å²) in [6, 6.07) is 12.6. The van der Waals surface area contributed by atoms with Gasteiger partial charge in [-0.3, -0.25) is 0 Å². The summed E-state index contributed by atoms with van der Waals surface area (Å²) in [7, 11) is 0. The zero-order chi connectivity index (χ0) is 26.9. The van der Waals surface area contributed by atoms with Gasteiger partial charge in [0.1, 0.15) is 0 Å². The number of nitrogens with one attached hydrogen (secondary N) is 1. The summed E-state index contributed by atoms with van der Waals surface area (Å²) in [5.74, 6) is 1.75. The molecule has 6 heterocycles. The minimum absolute atomic E-state index is 0.0761. The molecule has 3 aliphatic rings. The van der Waals surface area contributed by atoms with Gasteiger partial charge in [-0.15, -0.1) is 5.10 Å². The second-order valence-corrected chi connectivity index (χ2v) is 10.5. The Balaban J connectivity index is 1.34. The molecular weight excluding hydrogens is 508 g/mol. The Labute approximate surface area is 233 Å². The van der Waals surface area contributed by atoms with Gasteiger partial charge < -0.3 is 29.3 Å². The number of aryl methyl sites for hydroxylation is 1. The standard InChI is InChI=1S/C29H36N8O3/c1-21-28(32-23-6-2-3-7-25(23)34-11-16-38-17-12-34)37-29(31-21)22(20-26(33-37)35-13-18-39-19-14-35)24-9-10-30-36(24)27-8-4-5-15-40-27/h2-3,6-7,9-10,20,27,32H,4-5,8,11-19H2,1H3. The number of ether oxygens (including phenoxy) is 3. The molecule has 1 N–H and O–H groups in total. The highest BCUT2D eigenvalue weighted by Gasteiger charge is 2.25. The van der Waals surface area contributed by atoms with Crippen molar-refractivity contribution in [2.45, 2.75) is 32.4 Å². The molecule has 1 aromatic carbocycles. The first-order valence-corrected chi connectivity index (χ1v) is 14.3. The van der Waals surface area contributed by atoms with Crippen molar-refractivity contribution in [1.82, 2.24) is 24.4 Å². The van der Waals surface area contributed by atoms with Gasteiger partial charge in [0.15, 0.2) is 23.5 Å². The first-order chi connectivity index (χ1) is 19.8. The first-order valence-electron chi connectivity index (χ1n) is 14.3. The predicted octanol–water partition coefficient (Wildman–Crippen LogP) is 4.02. The molecule has 0 spiro atoms. The van der Waals surface area contributed by atoms with E-state index in [0.717, 1.165) is 111 Å². The van der Waals surface area contributed by atoms with Crippen molar-refractivity contribution in [2.75, 3.05) is 74.3 Å². The maximum Gasteiger partial charge on any atom is 0.165 e. The van der Waals surface area contributed by atoms with Gasteiger partial charge >= 0.3 is 0 Å². The number of hydrogen-bond donors (Lipinski definition) is 1. The average molecular weight is 545 g/mol. The van der Waals surface area contributed by atoms with Crippen LogP contribution in [0, 0.1) is 6.92 Å². The lowest BCUT2D eigenvalue weighted by Gasteiger charge is -2.30. The maximum absolute atomic E-state index is 6.13. The smallest absolute Gasteiger partial charge is 0.165 e. The molecule has 0 radical (unpaired) electrons. The number of morpholine rings is 2. The number of benzene rings is 1. The third-order valence-electron chi connectivity index (χ3n) is 7.96. The fraction of sp³-hybridized carbons (Fsp3) is 0.483. The van der Waals surface area contributed by atoms with Crippen LogP contribution in [0.15, 0.2) is 42.6 Å². The largest absolute Gasteiger partial charge is 0.378 e. The minimum Gasteiger partial charge on any atom is -0.378 e. The summed E-state index contributed by atoms with van der Waals surface area (Å²) in [4.78, 5) is 9.71. The molecule has 3 aromatic heterocycles. The molecule has 210 valence electrons. The third kappa shape index (κ3) is 4.78. The van der Waals surface area contributed by atoms with Gasteiger partial charge in [0.2, 0.25) is 0 Å². The van der Waals surface area contributed by atoms with E-state index in [1.807, 2.05) is 22.3 Å². The van der Waals surface area contributed by atoms with E-state index in [-0.39, 0.29) is 6.23 Å². The van der Waals surface area contributed by atoms with Crippen LogP contribution in [0.2, 0.25) is 0 Å². The Hall–Kier alpha value is -3.67. The minimum atomic E-state index is -0.0761. The number of fused-ring (bicyclic) bond motifs is 1. The number of rotatable bonds is 6. The molecule has 3 saturated heterocycles. The molecule has 3 aliphatic heterocycles. The highest BCUT2D eigenvalue weighted by molar-refractivity contribution is 5.82. The fourth-order valence-electron chi connectivity index (χ4n) is 5.85. The highest BCUT2D eigenvalue weighted by atomic mass is 16.5. The van der Waals surface area contributed by atoms with E-state index in [4.69, 9.17) is 29.4 Å². The van der Waals surface area contributed by atoms with Gasteiger partial charge in [0.05, 0.1) is 49.2 Å². The Morgan fingerprint density at radius 2 is 1.68 bits per heavy atom. The van der Waals surface area contributed by atoms with E-state index in [2.05, 4.69) is 51.5 Å². The average Bonchev–Trinajstić information content (AvgIpc) is 3.63. The molecule has 0 saturated carbocycles. The van der Waals surface area contributed by atoms with Crippen LogP contribution in [0.5, 0.6) is 0 Å². The van der Waals surface area contributed by atoms with E-state index in [1.54, 1.807) is 0 Å². The molecule has 0 aliphatic carbocycles. The number of anilines is 4. The van der Waals surface area contributed by atoms with Gasteiger partial charge in [-0.05, 0) is 50.5 Å².